The van der Waals surface area contributed by atoms with E-state index in [9.17, 15) is 4.79 Å². The Hall–Kier alpha value is -4.71. The molecule has 3 heterocycles. The normalized spacial score (nSPS) is 16.8. The standard InChI is InChI=1S/C29H30N8O/c1-36-20-23(18-34-36)22-6-10-26(11-7-22)37(29(38)33-19-25-4-2-3-15-31-25)27-12-8-24(9-13-27)35-28-14-5-21(16-30)17-32-28/h2-7,10-11,14-15,17-18,20,24,27H,8-9,12-13,19H2,1H3,(H,32,35)(H,33,38)/t24-,27-. The summed E-state index contributed by atoms with van der Waals surface area (Å²) in [4.78, 5) is 24.1. The van der Waals surface area contributed by atoms with Crippen LogP contribution in [0.15, 0.2) is 79.4 Å². The second-order valence-corrected chi connectivity index (χ2v) is 9.49. The Morgan fingerprint density at radius 2 is 1.84 bits per heavy atom. The Bertz CT molecular complexity index is 1390. The maximum atomic E-state index is 13.5. The molecule has 0 radical (unpaired) electrons. The molecule has 9 nitrogen and oxygen atoms in total. The van der Waals surface area contributed by atoms with Crippen LogP contribution in [-0.2, 0) is 13.6 Å². The van der Waals surface area contributed by atoms with Crippen molar-refractivity contribution in [3.63, 3.8) is 0 Å². The lowest BCUT2D eigenvalue weighted by Crippen LogP contribution is -2.48. The first kappa shape index (κ1) is 25.0. The van der Waals surface area contributed by atoms with Gasteiger partial charge in [-0.1, -0.05) is 18.2 Å². The molecule has 4 aromatic rings. The van der Waals surface area contributed by atoms with Crippen LogP contribution in [0.4, 0.5) is 16.3 Å². The number of nitrogens with zero attached hydrogens (tertiary/aromatic N) is 6. The van der Waals surface area contributed by atoms with Crippen LogP contribution in [0.25, 0.3) is 11.1 Å². The number of aryl methyl sites for hydroxylation is 1. The molecule has 1 aromatic carbocycles. The zero-order chi connectivity index (χ0) is 26.3. The molecule has 0 saturated heterocycles. The van der Waals surface area contributed by atoms with Crippen LogP contribution < -0.4 is 15.5 Å². The van der Waals surface area contributed by atoms with Gasteiger partial charge in [0.05, 0.1) is 24.0 Å². The maximum absolute atomic E-state index is 13.5. The number of aromatic nitrogens is 4. The number of amides is 2. The molecule has 1 aliphatic rings. The largest absolute Gasteiger partial charge is 0.367 e. The average Bonchev–Trinajstić information content (AvgIpc) is 3.40. The van der Waals surface area contributed by atoms with E-state index in [1.165, 1.54) is 0 Å². The maximum Gasteiger partial charge on any atom is 0.322 e. The van der Waals surface area contributed by atoms with Crippen molar-refractivity contribution >= 4 is 17.5 Å². The first-order chi connectivity index (χ1) is 18.6. The van der Waals surface area contributed by atoms with Crippen molar-refractivity contribution in [1.82, 2.24) is 25.1 Å². The lowest BCUT2D eigenvalue weighted by atomic mass is 9.89. The third-order valence-electron chi connectivity index (χ3n) is 6.86. The average molecular weight is 507 g/mol. The molecule has 5 rings (SSSR count). The van der Waals surface area contributed by atoms with Crippen molar-refractivity contribution in [1.29, 1.82) is 5.26 Å². The minimum Gasteiger partial charge on any atom is -0.367 e. The van der Waals surface area contributed by atoms with E-state index in [1.807, 2.05) is 72.9 Å². The van der Waals surface area contributed by atoms with E-state index < -0.39 is 0 Å². The van der Waals surface area contributed by atoms with E-state index in [1.54, 1.807) is 23.1 Å². The second kappa shape index (κ2) is 11.6. The Balaban J connectivity index is 1.29. The number of carbonyl (C=O) groups is 1. The first-order valence-corrected chi connectivity index (χ1v) is 12.8. The highest BCUT2D eigenvalue weighted by Crippen LogP contribution is 2.31. The van der Waals surface area contributed by atoms with E-state index >= 15 is 0 Å². The number of urea groups is 1. The number of benzene rings is 1. The van der Waals surface area contributed by atoms with Crippen molar-refractivity contribution < 1.29 is 4.79 Å². The molecule has 1 aliphatic carbocycles. The molecule has 0 bridgehead atoms. The molecule has 0 unspecified atom stereocenters. The van der Waals surface area contributed by atoms with Gasteiger partial charge in [0.1, 0.15) is 11.9 Å². The van der Waals surface area contributed by atoms with Crippen LogP contribution in [0.3, 0.4) is 0 Å². The minimum atomic E-state index is -0.130. The quantitative estimate of drug-likeness (QED) is 0.369. The van der Waals surface area contributed by atoms with Crippen LogP contribution in [0.5, 0.6) is 0 Å². The van der Waals surface area contributed by atoms with Crippen LogP contribution in [0.2, 0.25) is 0 Å². The monoisotopic (exact) mass is 506 g/mol. The minimum absolute atomic E-state index is 0.0648. The number of carbonyl (C=O) groups excluding carboxylic acids is 1. The zero-order valence-corrected chi connectivity index (χ0v) is 21.3. The molecule has 1 fully saturated rings. The highest BCUT2D eigenvalue weighted by atomic mass is 16.2. The van der Waals surface area contributed by atoms with Gasteiger partial charge >= 0.3 is 6.03 Å². The highest BCUT2D eigenvalue weighted by molar-refractivity contribution is 5.93. The van der Waals surface area contributed by atoms with Crippen molar-refractivity contribution in [2.45, 2.75) is 44.3 Å². The van der Waals surface area contributed by atoms with Gasteiger partial charge in [-0.25, -0.2) is 9.78 Å². The molecule has 0 atom stereocenters. The second-order valence-electron chi connectivity index (χ2n) is 9.49. The summed E-state index contributed by atoms with van der Waals surface area (Å²) in [6.45, 7) is 0.366. The molecule has 1 saturated carbocycles. The predicted octanol–water partition coefficient (Wildman–Crippen LogP) is 4.89. The number of anilines is 2. The van der Waals surface area contributed by atoms with Gasteiger partial charge in [0.15, 0.2) is 0 Å². The van der Waals surface area contributed by atoms with E-state index in [0.717, 1.165) is 54.0 Å². The van der Waals surface area contributed by atoms with Gasteiger partial charge in [-0.15, -0.1) is 0 Å². The summed E-state index contributed by atoms with van der Waals surface area (Å²) < 4.78 is 1.78. The van der Waals surface area contributed by atoms with Crippen molar-refractivity contribution in [2.24, 2.45) is 7.05 Å². The van der Waals surface area contributed by atoms with Gasteiger partial charge < -0.3 is 10.6 Å². The van der Waals surface area contributed by atoms with Gasteiger partial charge in [-0.05, 0) is 67.6 Å². The van der Waals surface area contributed by atoms with Crippen LogP contribution in [-0.4, -0.2) is 37.9 Å². The van der Waals surface area contributed by atoms with Gasteiger partial charge in [0, 0.05) is 49.0 Å². The molecule has 0 spiro atoms. The summed E-state index contributed by atoms with van der Waals surface area (Å²) in [5.41, 5.74) is 4.31. The molecular weight excluding hydrogens is 476 g/mol. The van der Waals surface area contributed by atoms with E-state index in [4.69, 9.17) is 5.26 Å². The molecule has 38 heavy (non-hydrogen) atoms. The third-order valence-corrected chi connectivity index (χ3v) is 6.86. The summed E-state index contributed by atoms with van der Waals surface area (Å²) in [5, 5.41) is 19.8. The van der Waals surface area contributed by atoms with E-state index in [0.29, 0.717) is 12.1 Å². The summed E-state index contributed by atoms with van der Waals surface area (Å²) >= 11 is 0. The smallest absolute Gasteiger partial charge is 0.322 e. The van der Waals surface area contributed by atoms with Gasteiger partial charge in [0.25, 0.3) is 0 Å². The number of nitriles is 1. The summed E-state index contributed by atoms with van der Waals surface area (Å²) in [6, 6.07) is 19.7. The van der Waals surface area contributed by atoms with Crippen LogP contribution >= 0.6 is 0 Å². The molecule has 0 aliphatic heterocycles. The zero-order valence-electron chi connectivity index (χ0n) is 21.3. The summed E-state index contributed by atoms with van der Waals surface area (Å²) in [6.07, 6.45) is 10.6. The highest BCUT2D eigenvalue weighted by Gasteiger charge is 2.30. The molecule has 2 N–H and O–H groups in total. The number of pyridine rings is 2. The lowest BCUT2D eigenvalue weighted by molar-refractivity contribution is 0.240. The fourth-order valence-corrected chi connectivity index (χ4v) is 4.87. The summed E-state index contributed by atoms with van der Waals surface area (Å²) in [5.74, 6) is 0.767. The molecular formula is C29H30N8O. The first-order valence-electron chi connectivity index (χ1n) is 12.8. The van der Waals surface area contributed by atoms with Crippen molar-refractivity contribution in [3.05, 3.63) is 90.6 Å². The molecule has 2 amide bonds. The Morgan fingerprint density at radius 3 is 2.47 bits per heavy atom. The molecule has 192 valence electrons. The molecule has 9 heteroatoms. The van der Waals surface area contributed by atoms with E-state index in [2.05, 4.69) is 31.8 Å². The van der Waals surface area contributed by atoms with Crippen LogP contribution in [0, 0.1) is 11.3 Å². The topological polar surface area (TPSA) is 112 Å². The Morgan fingerprint density at radius 1 is 1.03 bits per heavy atom. The Labute approximate surface area is 222 Å². The van der Waals surface area contributed by atoms with Gasteiger partial charge in [-0.2, -0.15) is 10.4 Å². The third kappa shape index (κ3) is 5.98. The number of rotatable bonds is 7. The van der Waals surface area contributed by atoms with Crippen molar-refractivity contribution in [2.75, 3.05) is 10.2 Å². The lowest BCUT2D eigenvalue weighted by Gasteiger charge is -2.37. The fourth-order valence-electron chi connectivity index (χ4n) is 4.87. The predicted molar refractivity (Wildman–Crippen MR) is 146 cm³/mol. The van der Waals surface area contributed by atoms with Crippen molar-refractivity contribution in [3.8, 4) is 17.2 Å². The van der Waals surface area contributed by atoms with E-state index in [-0.39, 0.29) is 18.1 Å². The summed E-state index contributed by atoms with van der Waals surface area (Å²) in [7, 11) is 1.90. The molecule has 3 aromatic heterocycles. The number of hydrogen-bond donors (Lipinski definition) is 2. The fraction of sp³-hybridized carbons (Fsp3) is 0.276. The number of hydrogen-bond acceptors (Lipinski definition) is 6. The Kier molecular flexibility index (Phi) is 7.59. The van der Waals surface area contributed by atoms with Gasteiger partial charge in [-0.3, -0.25) is 14.6 Å². The SMILES string of the molecule is Cn1cc(-c2ccc(N(C(=O)NCc3ccccn3)[C@H]3CC[C@H](Nc4ccc(C#N)cn4)CC3)cc2)cn1. The van der Waals surface area contributed by atoms with Gasteiger partial charge in [0.2, 0.25) is 0 Å². The van der Waals surface area contributed by atoms with Crippen LogP contribution in [0.1, 0.15) is 36.9 Å². The number of nitrogens with one attached hydrogen (secondary N) is 2.